The lowest BCUT2D eigenvalue weighted by Crippen LogP contribution is -2.47. The molecule has 6 heteroatoms. The number of carboxylic acid groups (broad SMARTS) is 1. The van der Waals surface area contributed by atoms with Crippen molar-refractivity contribution in [3.8, 4) is 0 Å². The van der Waals surface area contributed by atoms with E-state index in [1.807, 2.05) is 48.5 Å². The highest BCUT2D eigenvalue weighted by Gasteiger charge is 2.45. The molecule has 0 amide bonds. The van der Waals surface area contributed by atoms with E-state index in [4.69, 9.17) is 0 Å². The first kappa shape index (κ1) is 19.6. The van der Waals surface area contributed by atoms with Crippen molar-refractivity contribution in [2.75, 3.05) is 11.9 Å². The van der Waals surface area contributed by atoms with E-state index in [-0.39, 0.29) is 6.16 Å². The predicted octanol–water partition coefficient (Wildman–Crippen LogP) is 4.82. The minimum Gasteiger partial charge on any atom is -0.479 e. The maximum atomic E-state index is 11.8. The van der Waals surface area contributed by atoms with Crippen LogP contribution in [-0.2, 0) is 9.36 Å². The number of hydrogen-bond donors (Lipinski definition) is 2. The highest BCUT2D eigenvalue weighted by atomic mass is 32.2. The Kier molecular flexibility index (Phi) is 6.27. The number of hydrogen-bond acceptors (Lipinski definition) is 4. The van der Waals surface area contributed by atoms with Crippen LogP contribution in [0.4, 0.5) is 0 Å². The van der Waals surface area contributed by atoms with Crippen LogP contribution in [0.25, 0.3) is 10.8 Å². The van der Waals surface area contributed by atoms with Crippen molar-refractivity contribution in [1.29, 1.82) is 0 Å². The number of benzene rings is 3. The van der Waals surface area contributed by atoms with Crippen molar-refractivity contribution in [3.05, 3.63) is 78.4 Å². The molecule has 0 heterocycles. The van der Waals surface area contributed by atoms with Crippen molar-refractivity contribution in [3.63, 3.8) is 0 Å². The van der Waals surface area contributed by atoms with Gasteiger partial charge in [-0.15, -0.1) is 11.8 Å². The molecule has 2 N–H and O–H groups in total. The number of rotatable bonds is 8. The Morgan fingerprint density at radius 2 is 1.67 bits per heavy atom. The van der Waals surface area contributed by atoms with E-state index < -0.39 is 25.9 Å². The minimum absolute atomic E-state index is 0.348. The Hall–Kier alpha value is -2.20. The zero-order chi connectivity index (χ0) is 19.3. The summed E-state index contributed by atoms with van der Waals surface area (Å²) in [7, 11) is -0.400. The van der Waals surface area contributed by atoms with Gasteiger partial charge < -0.3 is 10.2 Å². The molecular formula is C21H19O4PS. The number of aliphatic hydroxyl groups is 1. The summed E-state index contributed by atoms with van der Waals surface area (Å²) in [5.41, 5.74) is -1.39. The van der Waals surface area contributed by atoms with Crippen LogP contribution in [0.15, 0.2) is 77.7 Å². The van der Waals surface area contributed by atoms with Gasteiger partial charge in [0.05, 0.1) is 6.16 Å². The zero-order valence-electron chi connectivity index (χ0n) is 14.5. The second kappa shape index (κ2) is 8.66. The highest BCUT2D eigenvalue weighted by Crippen LogP contribution is 2.37. The third kappa shape index (κ3) is 4.38. The summed E-state index contributed by atoms with van der Waals surface area (Å²) in [6.45, 7) is 0. The zero-order valence-corrected chi connectivity index (χ0v) is 16.2. The van der Waals surface area contributed by atoms with Gasteiger partial charge in [-0.05, 0) is 28.5 Å². The molecule has 3 aromatic rings. The monoisotopic (exact) mass is 398 g/mol. The van der Waals surface area contributed by atoms with Crippen molar-refractivity contribution in [2.45, 2.75) is 16.4 Å². The first-order valence-electron chi connectivity index (χ1n) is 8.46. The largest absolute Gasteiger partial charge is 0.479 e. The summed E-state index contributed by atoms with van der Waals surface area (Å²) in [5, 5.41) is 22.7. The van der Waals surface area contributed by atoms with E-state index in [2.05, 4.69) is 0 Å². The van der Waals surface area contributed by atoms with E-state index in [9.17, 15) is 19.6 Å². The Morgan fingerprint density at radius 1 is 1.00 bits per heavy atom. The van der Waals surface area contributed by atoms with Crippen LogP contribution in [0, 0.1) is 0 Å². The third-order valence-corrected chi connectivity index (χ3v) is 6.29. The maximum Gasteiger partial charge on any atom is 0.337 e. The van der Waals surface area contributed by atoms with Gasteiger partial charge in [0.1, 0.15) is 0 Å². The van der Waals surface area contributed by atoms with Crippen LogP contribution in [0.2, 0.25) is 0 Å². The van der Waals surface area contributed by atoms with E-state index in [1.54, 1.807) is 24.3 Å². The van der Waals surface area contributed by atoms with Gasteiger partial charge in [0.15, 0.2) is 14.1 Å². The molecule has 0 aliphatic rings. The lowest BCUT2D eigenvalue weighted by Gasteiger charge is -2.31. The average Bonchev–Trinajstić information content (AvgIpc) is 2.69. The molecule has 138 valence electrons. The number of fused-ring (bicyclic) bond motifs is 1. The van der Waals surface area contributed by atoms with Gasteiger partial charge in [0.25, 0.3) is 0 Å². The quantitative estimate of drug-likeness (QED) is 0.420. The Bertz CT molecular complexity index is 947. The molecule has 0 fully saturated rings. The summed E-state index contributed by atoms with van der Waals surface area (Å²) < 4.78 is 11.1. The molecule has 0 bridgehead atoms. The maximum absolute atomic E-state index is 11.8. The van der Waals surface area contributed by atoms with Gasteiger partial charge in [0, 0.05) is 16.6 Å². The summed E-state index contributed by atoms with van der Waals surface area (Å²) in [6.07, 6.45) is -0.361. The molecular weight excluding hydrogens is 379 g/mol. The van der Waals surface area contributed by atoms with Gasteiger partial charge in [-0.3, -0.25) is 4.57 Å². The minimum atomic E-state index is -2.10. The Morgan fingerprint density at radius 3 is 2.33 bits per heavy atom. The molecule has 0 radical (unpaired) electrons. The number of carboxylic acids is 1. The molecule has 0 aliphatic heterocycles. The van der Waals surface area contributed by atoms with E-state index >= 15 is 0 Å². The topological polar surface area (TPSA) is 74.6 Å². The van der Waals surface area contributed by atoms with Crippen molar-refractivity contribution >= 4 is 37.0 Å². The fourth-order valence-corrected chi connectivity index (χ4v) is 4.81. The average molecular weight is 398 g/mol. The first-order chi connectivity index (χ1) is 13.0. The van der Waals surface area contributed by atoms with Crippen LogP contribution >= 0.6 is 20.2 Å². The molecule has 0 aromatic heterocycles. The van der Waals surface area contributed by atoms with Gasteiger partial charge in [0.2, 0.25) is 0 Å². The molecule has 2 atom stereocenters. The fourth-order valence-electron chi connectivity index (χ4n) is 3.06. The second-order valence-electron chi connectivity index (χ2n) is 6.30. The standard InChI is InChI=1S/C21H19O4PS/c22-20(23)21(24,14-26-25)19(16-7-2-1-3-8-16)13-27-18-11-10-15-6-4-5-9-17(15)12-18/h1-12,19,24H,13-14H2,(H,22,23). The molecule has 4 nitrogen and oxygen atoms in total. The SMILES string of the molecule is O=PCC(O)(C(=O)O)C(CSc1ccc2ccccc2c1)c1ccccc1. The highest BCUT2D eigenvalue weighted by molar-refractivity contribution is 7.99. The van der Waals surface area contributed by atoms with E-state index in [1.165, 1.54) is 11.8 Å². The summed E-state index contributed by atoms with van der Waals surface area (Å²) >= 11 is 1.48. The smallest absolute Gasteiger partial charge is 0.337 e. The van der Waals surface area contributed by atoms with Crippen molar-refractivity contribution < 1.29 is 19.6 Å². The molecule has 27 heavy (non-hydrogen) atoms. The molecule has 0 aliphatic carbocycles. The first-order valence-corrected chi connectivity index (χ1v) is 10.4. The molecule has 3 rings (SSSR count). The van der Waals surface area contributed by atoms with Crippen LogP contribution < -0.4 is 0 Å². The number of thioether (sulfide) groups is 1. The Balaban J connectivity index is 1.90. The summed E-state index contributed by atoms with van der Waals surface area (Å²) in [4.78, 5) is 12.8. The van der Waals surface area contributed by atoms with Crippen LogP contribution in [0.1, 0.15) is 11.5 Å². The fraction of sp³-hybridized carbons (Fsp3) is 0.190. The number of carbonyl (C=O) groups is 1. The van der Waals surface area contributed by atoms with E-state index in [0.29, 0.717) is 11.3 Å². The molecule has 0 saturated carbocycles. The molecule has 3 aromatic carbocycles. The predicted molar refractivity (Wildman–Crippen MR) is 109 cm³/mol. The lowest BCUT2D eigenvalue weighted by atomic mass is 9.84. The Labute approximate surface area is 163 Å². The van der Waals surface area contributed by atoms with E-state index in [0.717, 1.165) is 15.7 Å². The van der Waals surface area contributed by atoms with Crippen LogP contribution in [0.5, 0.6) is 0 Å². The van der Waals surface area contributed by atoms with Crippen molar-refractivity contribution in [2.24, 2.45) is 0 Å². The molecule has 0 saturated heterocycles. The number of aliphatic carboxylic acids is 1. The van der Waals surface area contributed by atoms with Crippen LogP contribution in [-0.4, -0.2) is 33.7 Å². The lowest BCUT2D eigenvalue weighted by molar-refractivity contribution is -0.157. The van der Waals surface area contributed by atoms with Gasteiger partial charge in [-0.25, -0.2) is 4.79 Å². The van der Waals surface area contributed by atoms with Gasteiger partial charge >= 0.3 is 5.97 Å². The molecule has 2 unspecified atom stereocenters. The second-order valence-corrected chi connectivity index (χ2v) is 7.97. The normalized spacial score (nSPS) is 14.7. The molecule has 0 spiro atoms. The van der Waals surface area contributed by atoms with Crippen LogP contribution in [0.3, 0.4) is 0 Å². The third-order valence-electron chi connectivity index (χ3n) is 4.59. The van der Waals surface area contributed by atoms with Crippen molar-refractivity contribution in [1.82, 2.24) is 0 Å². The summed E-state index contributed by atoms with van der Waals surface area (Å²) in [5.74, 6) is -1.71. The van der Waals surface area contributed by atoms with Gasteiger partial charge in [-0.1, -0.05) is 60.7 Å². The summed E-state index contributed by atoms with van der Waals surface area (Å²) in [6, 6.07) is 23.1. The van der Waals surface area contributed by atoms with Gasteiger partial charge in [-0.2, -0.15) is 0 Å².